The predicted molar refractivity (Wildman–Crippen MR) is 128 cm³/mol. The second-order valence-electron chi connectivity index (χ2n) is 6.90. The van der Waals surface area contributed by atoms with Crippen LogP contribution in [0.15, 0.2) is 82.8 Å². The molecule has 8 nitrogen and oxygen atoms in total. The number of nitrogens with zero attached hydrogens (tertiary/aromatic N) is 3. The van der Waals surface area contributed by atoms with E-state index in [4.69, 9.17) is 17.2 Å². The molecule has 0 heterocycles. The molecule has 0 saturated carbocycles. The molecule has 3 aromatic carbocycles. The molecule has 32 heavy (non-hydrogen) atoms. The molecular formula is C24H24N6O2. The standard InChI is InChI=1S/C24H24N6O2/c1-28-21(25)17-5-3-7-19(13-17)30(20-8-4-6-18(14-20)22(26)29-2)24(32)16-11-9-15(10-12-16)23(27)31/h3-14H,1-2H3,(H2,25,28)(H2,26,29)(H2,27,31). The molecule has 3 rings (SSSR count). The molecule has 162 valence electrons. The fourth-order valence-corrected chi connectivity index (χ4v) is 3.16. The van der Waals surface area contributed by atoms with Gasteiger partial charge in [0.15, 0.2) is 0 Å². The lowest BCUT2D eigenvalue weighted by atomic mass is 10.1. The molecule has 0 fully saturated rings. The lowest BCUT2D eigenvalue weighted by Crippen LogP contribution is -2.27. The van der Waals surface area contributed by atoms with Crippen LogP contribution in [0.25, 0.3) is 0 Å². The molecule has 0 saturated heterocycles. The maximum atomic E-state index is 13.6. The third-order valence-electron chi connectivity index (χ3n) is 4.90. The Morgan fingerprint density at radius 1 is 0.656 bits per heavy atom. The third-order valence-corrected chi connectivity index (χ3v) is 4.90. The number of hydrogen-bond donors (Lipinski definition) is 3. The minimum Gasteiger partial charge on any atom is -0.384 e. The predicted octanol–water partition coefficient (Wildman–Crippen LogP) is 2.43. The number of anilines is 2. The summed E-state index contributed by atoms with van der Waals surface area (Å²) in [6.45, 7) is 0. The quantitative estimate of drug-likeness (QED) is 0.410. The van der Waals surface area contributed by atoms with E-state index in [9.17, 15) is 9.59 Å². The molecule has 8 heteroatoms. The first-order valence-corrected chi connectivity index (χ1v) is 9.75. The first-order valence-electron chi connectivity index (χ1n) is 9.75. The average molecular weight is 428 g/mol. The summed E-state index contributed by atoms with van der Waals surface area (Å²) >= 11 is 0. The van der Waals surface area contributed by atoms with Gasteiger partial charge >= 0.3 is 0 Å². The van der Waals surface area contributed by atoms with Crippen molar-refractivity contribution in [2.45, 2.75) is 0 Å². The Labute approximate surface area is 186 Å². The number of hydrogen-bond acceptors (Lipinski definition) is 4. The van der Waals surface area contributed by atoms with Gasteiger partial charge in [-0.05, 0) is 48.5 Å². The zero-order chi connectivity index (χ0) is 23.3. The first-order chi connectivity index (χ1) is 15.3. The molecule has 0 aliphatic carbocycles. The molecule has 6 N–H and O–H groups in total. The normalized spacial score (nSPS) is 11.8. The molecule has 0 radical (unpaired) electrons. The highest BCUT2D eigenvalue weighted by atomic mass is 16.2. The van der Waals surface area contributed by atoms with Gasteiger partial charge in [-0.3, -0.25) is 24.5 Å². The highest BCUT2D eigenvalue weighted by molar-refractivity contribution is 6.12. The molecule has 0 spiro atoms. The van der Waals surface area contributed by atoms with Crippen LogP contribution in [-0.2, 0) is 0 Å². The minimum atomic E-state index is -0.565. The van der Waals surface area contributed by atoms with Crippen molar-refractivity contribution in [1.29, 1.82) is 0 Å². The van der Waals surface area contributed by atoms with Gasteiger partial charge in [0.2, 0.25) is 5.91 Å². The number of rotatable bonds is 6. The average Bonchev–Trinajstić information content (AvgIpc) is 2.83. The number of amidine groups is 2. The maximum absolute atomic E-state index is 13.6. The van der Waals surface area contributed by atoms with Crippen molar-refractivity contribution < 1.29 is 9.59 Å². The van der Waals surface area contributed by atoms with Crippen LogP contribution in [0.2, 0.25) is 0 Å². The first kappa shape index (κ1) is 22.2. The second kappa shape index (κ2) is 9.57. The van der Waals surface area contributed by atoms with Crippen LogP contribution in [0.3, 0.4) is 0 Å². The summed E-state index contributed by atoms with van der Waals surface area (Å²) in [5.41, 5.74) is 20.5. The smallest absolute Gasteiger partial charge is 0.262 e. The van der Waals surface area contributed by atoms with Crippen LogP contribution in [0.4, 0.5) is 11.4 Å². The highest BCUT2D eigenvalue weighted by Crippen LogP contribution is 2.29. The van der Waals surface area contributed by atoms with Gasteiger partial charge in [0.25, 0.3) is 5.91 Å². The summed E-state index contributed by atoms with van der Waals surface area (Å²) in [6, 6.07) is 20.5. The number of carbonyl (C=O) groups is 2. The second-order valence-corrected chi connectivity index (χ2v) is 6.90. The number of carbonyl (C=O) groups excluding carboxylic acids is 2. The molecular weight excluding hydrogens is 404 g/mol. The van der Waals surface area contributed by atoms with Gasteiger partial charge in [-0.15, -0.1) is 0 Å². The van der Waals surface area contributed by atoms with Crippen LogP contribution in [0.1, 0.15) is 31.8 Å². The summed E-state index contributed by atoms with van der Waals surface area (Å²) in [5, 5.41) is 0. The Balaban J connectivity index is 2.16. The number of amides is 2. The molecule has 0 unspecified atom stereocenters. The van der Waals surface area contributed by atoms with Crippen LogP contribution in [0, 0.1) is 0 Å². The lowest BCUT2D eigenvalue weighted by molar-refractivity contribution is 0.0988. The summed E-state index contributed by atoms with van der Waals surface area (Å²) in [4.78, 5) is 34.6. The van der Waals surface area contributed by atoms with Crippen LogP contribution >= 0.6 is 0 Å². The topological polar surface area (TPSA) is 140 Å². The summed E-state index contributed by atoms with van der Waals surface area (Å²) in [7, 11) is 3.20. The van der Waals surface area contributed by atoms with Crippen LogP contribution < -0.4 is 22.1 Å². The van der Waals surface area contributed by atoms with Crippen molar-refractivity contribution in [2.75, 3.05) is 19.0 Å². The number of aliphatic imine (C=N–C) groups is 2. The Morgan fingerprint density at radius 2 is 1.09 bits per heavy atom. The molecule has 0 aromatic heterocycles. The van der Waals surface area contributed by atoms with Crippen molar-refractivity contribution in [3.05, 3.63) is 95.1 Å². The van der Waals surface area contributed by atoms with Gasteiger partial charge in [-0.2, -0.15) is 0 Å². The van der Waals surface area contributed by atoms with E-state index in [1.54, 1.807) is 62.6 Å². The maximum Gasteiger partial charge on any atom is 0.262 e. The Bertz CT molecular complexity index is 1150. The molecule has 3 aromatic rings. The largest absolute Gasteiger partial charge is 0.384 e. The summed E-state index contributed by atoms with van der Waals surface area (Å²) < 4.78 is 0. The van der Waals surface area contributed by atoms with E-state index in [-0.39, 0.29) is 5.91 Å². The molecule has 2 amide bonds. The van der Waals surface area contributed by atoms with Gasteiger partial charge < -0.3 is 17.2 Å². The van der Waals surface area contributed by atoms with E-state index >= 15 is 0 Å². The molecule has 0 aliphatic rings. The zero-order valence-electron chi connectivity index (χ0n) is 17.8. The van der Waals surface area contributed by atoms with Crippen molar-refractivity contribution in [3.63, 3.8) is 0 Å². The van der Waals surface area contributed by atoms with Crippen molar-refractivity contribution in [3.8, 4) is 0 Å². The number of primary amides is 1. The Hall–Kier alpha value is -4.46. The van der Waals surface area contributed by atoms with Gasteiger partial charge in [0.05, 0.1) is 0 Å². The lowest BCUT2D eigenvalue weighted by Gasteiger charge is -2.24. The molecule has 0 bridgehead atoms. The summed E-state index contributed by atoms with van der Waals surface area (Å²) in [5.74, 6) is -0.179. The number of benzene rings is 3. The van der Waals surface area contributed by atoms with Crippen molar-refractivity contribution in [1.82, 2.24) is 0 Å². The van der Waals surface area contributed by atoms with Gasteiger partial charge in [0.1, 0.15) is 11.7 Å². The van der Waals surface area contributed by atoms with E-state index in [0.29, 0.717) is 45.3 Å². The van der Waals surface area contributed by atoms with E-state index in [2.05, 4.69) is 9.98 Å². The van der Waals surface area contributed by atoms with Crippen LogP contribution in [0.5, 0.6) is 0 Å². The van der Waals surface area contributed by atoms with E-state index in [1.165, 1.54) is 17.0 Å². The molecule has 0 atom stereocenters. The monoisotopic (exact) mass is 428 g/mol. The summed E-state index contributed by atoms with van der Waals surface area (Å²) in [6.07, 6.45) is 0. The van der Waals surface area contributed by atoms with E-state index < -0.39 is 5.91 Å². The Morgan fingerprint density at radius 3 is 1.50 bits per heavy atom. The fourth-order valence-electron chi connectivity index (χ4n) is 3.16. The van der Waals surface area contributed by atoms with Crippen molar-refractivity contribution in [2.24, 2.45) is 27.2 Å². The minimum absolute atomic E-state index is 0.311. The van der Waals surface area contributed by atoms with Crippen LogP contribution in [-0.4, -0.2) is 37.6 Å². The zero-order valence-corrected chi connectivity index (χ0v) is 17.8. The Kier molecular flexibility index (Phi) is 6.65. The third kappa shape index (κ3) is 4.65. The highest BCUT2D eigenvalue weighted by Gasteiger charge is 2.21. The molecule has 0 aliphatic heterocycles. The number of nitrogens with two attached hydrogens (primary N) is 3. The fraction of sp³-hybridized carbons (Fsp3) is 0.0833. The van der Waals surface area contributed by atoms with Gasteiger partial charge in [-0.25, -0.2) is 0 Å². The van der Waals surface area contributed by atoms with Crippen molar-refractivity contribution >= 4 is 34.9 Å². The SMILES string of the molecule is CN=C(N)c1cccc(N(C(=O)c2ccc(C(N)=O)cc2)c2cccc(C(N)=NC)c2)c1. The van der Waals surface area contributed by atoms with Gasteiger partial charge in [0, 0.05) is 47.7 Å². The van der Waals surface area contributed by atoms with Gasteiger partial charge in [-0.1, -0.05) is 24.3 Å². The van der Waals surface area contributed by atoms with E-state index in [1.807, 2.05) is 12.1 Å². The van der Waals surface area contributed by atoms with E-state index in [0.717, 1.165) is 0 Å².